The maximum atomic E-state index is 14.3. The average Bonchev–Trinajstić information content (AvgIpc) is 3.08. The maximum absolute atomic E-state index is 14.3. The number of carbonyl (C=O) groups excluding carboxylic acids is 2. The van der Waals surface area contributed by atoms with Crippen LogP contribution in [0.25, 0.3) is 0 Å². The molecule has 32 heavy (non-hydrogen) atoms. The Labute approximate surface area is 188 Å². The highest BCUT2D eigenvalue weighted by atomic mass is 16.2. The molecular weight excluding hydrogens is 396 g/mol. The Morgan fingerprint density at radius 2 is 1.28 bits per heavy atom. The van der Waals surface area contributed by atoms with Gasteiger partial charge in [0.25, 0.3) is 5.91 Å². The number of hydrogen-bond acceptors (Lipinski definition) is 3. The van der Waals surface area contributed by atoms with Crippen LogP contribution in [0, 0.1) is 12.3 Å². The third-order valence-electron chi connectivity index (χ3n) is 7.04. The van der Waals surface area contributed by atoms with Crippen LogP contribution in [0.15, 0.2) is 90.0 Å². The fraction of sp³-hybridized carbons (Fsp3) is 0.250. The van der Waals surface area contributed by atoms with Crippen molar-refractivity contribution in [2.24, 2.45) is 10.5 Å². The lowest BCUT2D eigenvalue weighted by Crippen LogP contribution is -2.52. The predicted molar refractivity (Wildman–Crippen MR) is 127 cm³/mol. The quantitative estimate of drug-likeness (QED) is 0.549. The normalized spacial score (nSPS) is 25.3. The molecule has 0 N–H and O–H groups in total. The molecule has 0 radical (unpaired) electrons. The van der Waals surface area contributed by atoms with E-state index in [1.165, 1.54) is 0 Å². The summed E-state index contributed by atoms with van der Waals surface area (Å²) < 4.78 is 0. The second-order valence-corrected chi connectivity index (χ2v) is 8.88. The number of benzene rings is 3. The molecule has 5 rings (SSSR count). The third kappa shape index (κ3) is 3.10. The van der Waals surface area contributed by atoms with Crippen molar-refractivity contribution < 1.29 is 9.59 Å². The summed E-state index contributed by atoms with van der Waals surface area (Å²) in [7, 11) is 0. The second kappa shape index (κ2) is 7.86. The minimum absolute atomic E-state index is 0.0480. The molecule has 1 saturated carbocycles. The van der Waals surface area contributed by atoms with E-state index in [0.717, 1.165) is 28.1 Å². The first-order valence-electron chi connectivity index (χ1n) is 11.1. The first-order valence-corrected chi connectivity index (χ1v) is 11.1. The number of hydrazone groups is 1. The lowest BCUT2D eigenvalue weighted by atomic mass is 9.54. The van der Waals surface area contributed by atoms with Crippen LogP contribution in [-0.2, 0) is 9.59 Å². The van der Waals surface area contributed by atoms with E-state index in [1.807, 2.05) is 74.5 Å². The Balaban J connectivity index is 1.72. The Morgan fingerprint density at radius 1 is 0.750 bits per heavy atom. The van der Waals surface area contributed by atoms with Crippen molar-refractivity contribution in [1.82, 2.24) is 0 Å². The van der Waals surface area contributed by atoms with Crippen molar-refractivity contribution in [2.75, 3.05) is 5.01 Å². The topological polar surface area (TPSA) is 49.7 Å². The van der Waals surface area contributed by atoms with E-state index in [0.29, 0.717) is 12.8 Å². The number of aryl methyl sites for hydroxylation is 1. The van der Waals surface area contributed by atoms with Crippen LogP contribution in [0.4, 0.5) is 5.69 Å². The van der Waals surface area contributed by atoms with Crippen molar-refractivity contribution in [1.29, 1.82) is 0 Å². The van der Waals surface area contributed by atoms with E-state index in [4.69, 9.17) is 5.10 Å². The van der Waals surface area contributed by atoms with Gasteiger partial charge >= 0.3 is 0 Å². The summed E-state index contributed by atoms with van der Waals surface area (Å²) in [6.07, 6.45) is 0.682. The molecule has 0 saturated heterocycles. The number of Topliss-reactive ketones (excluding diaryl/α,β-unsaturated/α-hetero) is 1. The zero-order chi connectivity index (χ0) is 22.3. The van der Waals surface area contributed by atoms with E-state index < -0.39 is 5.41 Å². The SMILES string of the molecule is CC1=NN(c2ccccc2)C(=O)[C@]12[C@H](c1ccccc1)CC(=O)C[C@H]2c1ccc(C)cc1. The van der Waals surface area contributed by atoms with E-state index in [2.05, 4.69) is 24.3 Å². The van der Waals surface area contributed by atoms with Gasteiger partial charge in [0.15, 0.2) is 0 Å². The number of nitrogens with zero attached hydrogens (tertiary/aromatic N) is 2. The highest BCUT2D eigenvalue weighted by Gasteiger charge is 2.62. The standard InChI is InChI=1S/C28H26N2O2/c1-19-13-15-22(16-14-19)26-18-24(31)17-25(21-9-5-3-6-10-21)28(26)20(2)29-30(27(28)32)23-11-7-4-8-12-23/h3-16,25-26H,17-18H2,1-2H3/t25-,26-,28-/m0/s1. The minimum Gasteiger partial charge on any atom is -0.300 e. The molecule has 1 fully saturated rings. The molecule has 0 bridgehead atoms. The van der Waals surface area contributed by atoms with E-state index in [9.17, 15) is 9.59 Å². The highest BCUT2D eigenvalue weighted by Crippen LogP contribution is 2.58. The summed E-state index contributed by atoms with van der Waals surface area (Å²) in [6.45, 7) is 4.00. The van der Waals surface area contributed by atoms with Crippen LogP contribution < -0.4 is 5.01 Å². The first kappa shape index (κ1) is 20.4. The van der Waals surface area contributed by atoms with E-state index in [1.54, 1.807) is 5.01 Å². The van der Waals surface area contributed by atoms with Gasteiger partial charge in [-0.2, -0.15) is 10.1 Å². The molecule has 4 heteroatoms. The van der Waals surface area contributed by atoms with Gasteiger partial charge < -0.3 is 0 Å². The van der Waals surface area contributed by atoms with Gasteiger partial charge in [-0.15, -0.1) is 0 Å². The Kier molecular flexibility index (Phi) is 5.01. The molecule has 1 amide bonds. The fourth-order valence-corrected chi connectivity index (χ4v) is 5.50. The smallest absolute Gasteiger partial charge is 0.260 e. The molecule has 1 spiro atoms. The molecule has 1 aliphatic heterocycles. The molecule has 0 unspecified atom stereocenters. The molecule has 1 aliphatic carbocycles. The van der Waals surface area contributed by atoms with Crippen LogP contribution in [0.2, 0.25) is 0 Å². The summed E-state index contributed by atoms with van der Waals surface area (Å²) in [6, 6.07) is 27.8. The van der Waals surface area contributed by atoms with Gasteiger partial charge in [0.1, 0.15) is 11.2 Å². The molecule has 3 atom stereocenters. The van der Waals surface area contributed by atoms with Crippen molar-refractivity contribution in [3.8, 4) is 0 Å². The Bertz CT molecular complexity index is 1190. The van der Waals surface area contributed by atoms with E-state index >= 15 is 0 Å². The largest absolute Gasteiger partial charge is 0.300 e. The molecule has 1 heterocycles. The summed E-state index contributed by atoms with van der Waals surface area (Å²) in [5, 5.41) is 6.34. The Morgan fingerprint density at radius 3 is 1.88 bits per heavy atom. The highest BCUT2D eigenvalue weighted by molar-refractivity contribution is 6.21. The molecule has 4 nitrogen and oxygen atoms in total. The van der Waals surface area contributed by atoms with Gasteiger partial charge in [-0.3, -0.25) is 9.59 Å². The van der Waals surface area contributed by atoms with Gasteiger partial charge in [-0.25, -0.2) is 0 Å². The number of carbonyl (C=O) groups is 2. The van der Waals surface area contributed by atoms with Crippen LogP contribution in [-0.4, -0.2) is 17.4 Å². The monoisotopic (exact) mass is 422 g/mol. The number of ketones is 1. The number of hydrogen-bond donors (Lipinski definition) is 0. The first-order chi connectivity index (χ1) is 15.5. The van der Waals surface area contributed by atoms with Gasteiger partial charge in [-0.05, 0) is 37.1 Å². The fourth-order valence-electron chi connectivity index (χ4n) is 5.50. The van der Waals surface area contributed by atoms with Crippen LogP contribution in [0.5, 0.6) is 0 Å². The zero-order valence-corrected chi connectivity index (χ0v) is 18.4. The number of amides is 1. The molecule has 160 valence electrons. The number of para-hydroxylation sites is 1. The van der Waals surface area contributed by atoms with Crippen LogP contribution in [0.1, 0.15) is 48.3 Å². The molecule has 2 aliphatic rings. The predicted octanol–water partition coefficient (Wildman–Crippen LogP) is 5.63. The molecule has 3 aromatic carbocycles. The maximum Gasteiger partial charge on any atom is 0.260 e. The molecule has 0 aromatic heterocycles. The zero-order valence-electron chi connectivity index (χ0n) is 18.4. The summed E-state index contributed by atoms with van der Waals surface area (Å²) in [5.74, 6) is -0.386. The van der Waals surface area contributed by atoms with Crippen molar-refractivity contribution in [2.45, 2.75) is 38.5 Å². The van der Waals surface area contributed by atoms with E-state index in [-0.39, 0.29) is 23.5 Å². The molecular formula is C28H26N2O2. The van der Waals surface area contributed by atoms with Gasteiger partial charge in [0.05, 0.1) is 11.4 Å². The summed E-state index contributed by atoms with van der Waals surface area (Å²) in [4.78, 5) is 27.4. The lowest BCUT2D eigenvalue weighted by molar-refractivity contribution is -0.131. The summed E-state index contributed by atoms with van der Waals surface area (Å²) >= 11 is 0. The number of anilines is 1. The van der Waals surface area contributed by atoms with Gasteiger partial charge in [0.2, 0.25) is 0 Å². The Hall–Kier alpha value is -3.53. The van der Waals surface area contributed by atoms with Gasteiger partial charge in [0, 0.05) is 24.7 Å². The van der Waals surface area contributed by atoms with Crippen molar-refractivity contribution >= 4 is 23.1 Å². The van der Waals surface area contributed by atoms with Gasteiger partial charge in [-0.1, -0.05) is 78.4 Å². The second-order valence-electron chi connectivity index (χ2n) is 8.88. The van der Waals surface area contributed by atoms with Crippen LogP contribution >= 0.6 is 0 Å². The third-order valence-corrected chi connectivity index (χ3v) is 7.04. The minimum atomic E-state index is -0.902. The van der Waals surface area contributed by atoms with Crippen molar-refractivity contribution in [3.05, 3.63) is 102 Å². The van der Waals surface area contributed by atoms with Crippen molar-refractivity contribution in [3.63, 3.8) is 0 Å². The number of rotatable bonds is 3. The molecule has 3 aromatic rings. The summed E-state index contributed by atoms with van der Waals surface area (Å²) in [5.41, 5.74) is 3.80. The average molecular weight is 423 g/mol. The van der Waals surface area contributed by atoms with Crippen LogP contribution in [0.3, 0.4) is 0 Å². The lowest BCUT2D eigenvalue weighted by Gasteiger charge is -2.45.